The smallest absolute Gasteiger partial charge is 0.435 e. The topological polar surface area (TPSA) is 38.8 Å². The number of carbonyl (C=O) groups is 1. The number of hydroxylamine groups is 2. The van der Waals surface area contributed by atoms with Crippen molar-refractivity contribution in [3.63, 3.8) is 0 Å². The van der Waals surface area contributed by atoms with Gasteiger partial charge in [-0.3, -0.25) is 4.84 Å². The molecule has 1 saturated heterocycles. The summed E-state index contributed by atoms with van der Waals surface area (Å²) in [6.07, 6.45) is 0.351. The lowest BCUT2D eigenvalue weighted by Crippen LogP contribution is -2.39. The van der Waals surface area contributed by atoms with E-state index in [2.05, 4.69) is 15.9 Å². The Kier molecular flexibility index (Phi) is 4.61. The van der Waals surface area contributed by atoms with Crippen molar-refractivity contribution < 1.29 is 14.4 Å². The number of hydrogen-bond acceptors (Lipinski definition) is 3. The molecule has 0 N–H and O–H groups in total. The van der Waals surface area contributed by atoms with E-state index in [1.807, 2.05) is 34.6 Å². The first kappa shape index (κ1) is 14.5. The van der Waals surface area contributed by atoms with Gasteiger partial charge in [0.2, 0.25) is 0 Å². The zero-order valence-electron chi connectivity index (χ0n) is 11.0. The van der Waals surface area contributed by atoms with Gasteiger partial charge in [0.1, 0.15) is 5.60 Å². The van der Waals surface area contributed by atoms with Gasteiger partial charge in [0.05, 0.1) is 12.6 Å². The first-order chi connectivity index (χ1) is 7.72. The molecule has 1 atom stereocenters. The third kappa shape index (κ3) is 4.00. The second-order valence-electron chi connectivity index (χ2n) is 5.29. The summed E-state index contributed by atoms with van der Waals surface area (Å²) in [5.41, 5.74) is 0.624. The Labute approximate surface area is 111 Å². The van der Waals surface area contributed by atoms with Gasteiger partial charge >= 0.3 is 6.09 Å². The highest BCUT2D eigenvalue weighted by Crippen LogP contribution is 2.29. The summed E-state index contributed by atoms with van der Waals surface area (Å²) >= 11 is 3.51. The van der Waals surface area contributed by atoms with Crippen LogP contribution in [0.1, 0.15) is 41.0 Å². The van der Waals surface area contributed by atoms with E-state index in [4.69, 9.17) is 9.57 Å². The molecule has 5 heteroatoms. The van der Waals surface area contributed by atoms with Crippen LogP contribution in [0.15, 0.2) is 10.1 Å². The third-order valence-electron chi connectivity index (χ3n) is 2.25. The molecule has 1 heterocycles. The minimum Gasteiger partial charge on any atom is -0.442 e. The monoisotopic (exact) mass is 305 g/mol. The maximum atomic E-state index is 11.9. The molecule has 0 spiro atoms. The van der Waals surface area contributed by atoms with E-state index in [1.54, 1.807) is 0 Å². The minimum atomic E-state index is -0.509. The zero-order valence-corrected chi connectivity index (χ0v) is 12.6. The molecule has 0 saturated carbocycles. The largest absolute Gasteiger partial charge is 0.442 e. The highest BCUT2D eigenvalue weighted by Gasteiger charge is 2.35. The van der Waals surface area contributed by atoms with E-state index in [9.17, 15) is 4.79 Å². The fraction of sp³-hybridized carbons (Fsp3) is 0.750. The highest BCUT2D eigenvalue weighted by atomic mass is 79.9. The predicted molar refractivity (Wildman–Crippen MR) is 69.7 cm³/mol. The van der Waals surface area contributed by atoms with Gasteiger partial charge in [-0.2, -0.15) is 5.06 Å². The number of carbonyl (C=O) groups excluding carboxylic acids is 1. The Balaban J connectivity index is 2.77. The second-order valence-corrected chi connectivity index (χ2v) is 6.15. The maximum absolute atomic E-state index is 11.9. The summed E-state index contributed by atoms with van der Waals surface area (Å²) in [4.78, 5) is 17.3. The molecule has 4 nitrogen and oxygen atoms in total. The molecule has 0 unspecified atom stereocenters. The Morgan fingerprint density at radius 2 is 2.00 bits per heavy atom. The van der Waals surface area contributed by atoms with Crippen molar-refractivity contribution in [2.24, 2.45) is 0 Å². The molecule has 0 aromatic rings. The number of allylic oxidation sites excluding steroid dienone is 1. The van der Waals surface area contributed by atoms with Gasteiger partial charge in [-0.25, -0.2) is 4.79 Å². The van der Waals surface area contributed by atoms with E-state index in [-0.39, 0.29) is 6.04 Å². The van der Waals surface area contributed by atoms with Crippen LogP contribution >= 0.6 is 15.9 Å². The van der Waals surface area contributed by atoms with E-state index in [0.29, 0.717) is 6.61 Å². The fourth-order valence-electron chi connectivity index (χ4n) is 1.52. The third-order valence-corrected chi connectivity index (χ3v) is 3.57. The second kappa shape index (κ2) is 5.40. The molecule has 0 aliphatic carbocycles. The van der Waals surface area contributed by atoms with Crippen LogP contribution in [0.4, 0.5) is 4.79 Å². The molecule has 0 bridgehead atoms. The summed E-state index contributed by atoms with van der Waals surface area (Å²) in [6, 6.07) is -0.0742. The van der Waals surface area contributed by atoms with Gasteiger partial charge in [-0.05, 0) is 34.6 Å². The molecule has 1 aliphatic heterocycles. The first-order valence-electron chi connectivity index (χ1n) is 5.70. The average Bonchev–Trinajstić information content (AvgIpc) is 2.61. The average molecular weight is 306 g/mol. The molecule has 0 aromatic heterocycles. The van der Waals surface area contributed by atoms with Gasteiger partial charge in [0.15, 0.2) is 0 Å². The van der Waals surface area contributed by atoms with Crippen LogP contribution in [-0.4, -0.2) is 29.4 Å². The van der Waals surface area contributed by atoms with E-state index < -0.39 is 11.7 Å². The van der Waals surface area contributed by atoms with Crippen molar-refractivity contribution in [3.8, 4) is 0 Å². The summed E-state index contributed by atoms with van der Waals surface area (Å²) < 4.78 is 6.29. The number of amides is 1. The van der Waals surface area contributed by atoms with Gasteiger partial charge in [-0.1, -0.05) is 21.5 Å². The molecule has 1 rings (SSSR count). The molecule has 1 amide bonds. The Bertz CT molecular complexity index is 329. The van der Waals surface area contributed by atoms with Crippen molar-refractivity contribution >= 4 is 22.0 Å². The van der Waals surface area contributed by atoms with Gasteiger partial charge in [0.25, 0.3) is 0 Å². The van der Waals surface area contributed by atoms with Crippen LogP contribution in [-0.2, 0) is 9.57 Å². The molecule has 98 valence electrons. The summed E-state index contributed by atoms with van der Waals surface area (Å²) in [5.74, 6) is 0. The Morgan fingerprint density at radius 1 is 1.41 bits per heavy atom. The highest BCUT2D eigenvalue weighted by molar-refractivity contribution is 9.11. The van der Waals surface area contributed by atoms with Crippen LogP contribution in [0.2, 0.25) is 0 Å². The molecular formula is C12H20BrNO3. The minimum absolute atomic E-state index is 0.0742. The molecule has 1 aliphatic rings. The van der Waals surface area contributed by atoms with Crippen molar-refractivity contribution in [1.29, 1.82) is 0 Å². The molecule has 0 radical (unpaired) electrons. The van der Waals surface area contributed by atoms with Crippen LogP contribution in [0.5, 0.6) is 0 Å². The summed E-state index contributed by atoms with van der Waals surface area (Å²) in [5, 5.41) is 1.32. The number of rotatable bonds is 1. The van der Waals surface area contributed by atoms with Crippen molar-refractivity contribution in [2.75, 3.05) is 6.61 Å². The van der Waals surface area contributed by atoms with E-state index in [1.165, 1.54) is 5.06 Å². The number of nitrogens with zero attached hydrogens (tertiary/aromatic N) is 1. The maximum Gasteiger partial charge on any atom is 0.435 e. The van der Waals surface area contributed by atoms with Crippen molar-refractivity contribution in [2.45, 2.75) is 52.7 Å². The lowest BCUT2D eigenvalue weighted by molar-refractivity contribution is -0.118. The number of ether oxygens (including phenoxy) is 1. The fourth-order valence-corrected chi connectivity index (χ4v) is 1.93. The Hall–Kier alpha value is -0.550. The van der Waals surface area contributed by atoms with E-state index >= 15 is 0 Å². The van der Waals surface area contributed by atoms with Gasteiger partial charge in [-0.15, -0.1) is 0 Å². The van der Waals surface area contributed by atoms with Crippen LogP contribution in [0, 0.1) is 0 Å². The summed E-state index contributed by atoms with van der Waals surface area (Å²) in [7, 11) is 0. The molecular weight excluding hydrogens is 286 g/mol. The summed E-state index contributed by atoms with van der Waals surface area (Å²) in [6.45, 7) is 10.0. The first-order valence-corrected chi connectivity index (χ1v) is 6.49. The lowest BCUT2D eigenvalue weighted by Gasteiger charge is -2.27. The van der Waals surface area contributed by atoms with Gasteiger partial charge < -0.3 is 4.74 Å². The molecule has 17 heavy (non-hydrogen) atoms. The molecule has 1 fully saturated rings. The lowest BCUT2D eigenvalue weighted by atomic mass is 10.1. The van der Waals surface area contributed by atoms with Crippen LogP contribution < -0.4 is 0 Å². The van der Waals surface area contributed by atoms with Crippen molar-refractivity contribution in [3.05, 3.63) is 10.1 Å². The Morgan fingerprint density at radius 3 is 2.47 bits per heavy atom. The normalized spacial score (nSPS) is 20.4. The number of halogens is 1. The van der Waals surface area contributed by atoms with Crippen molar-refractivity contribution in [1.82, 2.24) is 5.06 Å². The standard InChI is InChI=1S/C12H20BrNO3/c1-8(2)10(13)9-6-7-16-14(9)11(15)17-12(3,4)5/h9H,6-7H2,1-5H3/t9-/m0/s1. The predicted octanol–water partition coefficient (Wildman–Crippen LogP) is 3.62. The number of hydrogen-bond donors (Lipinski definition) is 0. The SMILES string of the molecule is CC(C)=C(Br)[C@@H]1CCON1C(=O)OC(C)(C)C. The van der Waals surface area contributed by atoms with Crippen LogP contribution in [0.25, 0.3) is 0 Å². The van der Waals surface area contributed by atoms with Crippen LogP contribution in [0.3, 0.4) is 0 Å². The van der Waals surface area contributed by atoms with Gasteiger partial charge in [0, 0.05) is 10.9 Å². The van der Waals surface area contributed by atoms with E-state index in [0.717, 1.165) is 16.5 Å². The zero-order chi connectivity index (χ0) is 13.2. The quantitative estimate of drug-likeness (QED) is 0.743. The molecule has 0 aromatic carbocycles.